The molecule has 0 aliphatic carbocycles. The van der Waals surface area contributed by atoms with Crippen LogP contribution in [0.2, 0.25) is 0 Å². The summed E-state index contributed by atoms with van der Waals surface area (Å²) >= 11 is 0. The van der Waals surface area contributed by atoms with Gasteiger partial charge in [-0.1, -0.05) is 125 Å². The molecule has 40 heavy (non-hydrogen) atoms. The van der Waals surface area contributed by atoms with E-state index in [1.54, 1.807) is 0 Å². The Morgan fingerprint density at radius 2 is 0.350 bits per heavy atom. The maximum Gasteiger partial charge on any atom is 3.00 e. The third-order valence-corrected chi connectivity index (χ3v) is 5.22. The van der Waals surface area contributed by atoms with E-state index in [0.717, 1.165) is 0 Å². The molecule has 0 fully saturated rings. The van der Waals surface area contributed by atoms with Gasteiger partial charge in [-0.25, -0.2) is 0 Å². The fourth-order valence-corrected chi connectivity index (χ4v) is 1.66. The quantitative estimate of drug-likeness (QED) is 0.214. The Bertz CT molecular complexity index is 693. The molecule has 0 amide bonds. The van der Waals surface area contributed by atoms with Gasteiger partial charge in [-0.15, -0.1) is 0 Å². The number of hydrogen-bond acceptors (Lipinski definition) is 6. The average molecular weight is 694 g/mol. The van der Waals surface area contributed by atoms with E-state index in [2.05, 4.69) is 0 Å². The van der Waals surface area contributed by atoms with Crippen LogP contribution in [0.1, 0.15) is 125 Å². The molecule has 0 spiro atoms. The number of Topliss-reactive ketones (excluding diaryl/α,β-unsaturated/α-hetero) is 6. The van der Waals surface area contributed by atoms with Crippen LogP contribution < -0.4 is 0 Å². The molecule has 0 heterocycles. The Morgan fingerprint density at radius 1 is 0.275 bits per heavy atom. The number of carbonyl (C=O) groups excluding carboxylic acids is 6. The molecule has 6 nitrogen and oxygen atoms in total. The van der Waals surface area contributed by atoms with Gasteiger partial charge in [0, 0.05) is 34.7 Å². The molecule has 0 aliphatic rings. The first-order chi connectivity index (χ1) is 16.6. The molecule has 0 atom stereocenters. The second-order valence-corrected chi connectivity index (χ2v) is 16.1. The molecule has 0 aromatic carbocycles. The van der Waals surface area contributed by atoms with Crippen molar-refractivity contribution in [2.45, 2.75) is 125 Å². The Kier molecular flexibility index (Phi) is 19.0. The van der Waals surface area contributed by atoms with Crippen molar-refractivity contribution in [2.75, 3.05) is 0 Å². The van der Waals surface area contributed by atoms with Gasteiger partial charge >= 0.3 is 40.8 Å². The summed E-state index contributed by atoms with van der Waals surface area (Å²) in [5, 5.41) is 0. The average Bonchev–Trinajstić information content (AvgIpc) is 2.64. The van der Waals surface area contributed by atoms with E-state index in [9.17, 15) is 28.8 Å². The van der Waals surface area contributed by atoms with Crippen LogP contribution in [0.4, 0.5) is 0 Å². The Hall–Kier alpha value is -1.02. The number of rotatable bonds is 6. The van der Waals surface area contributed by atoms with Crippen LogP contribution in [-0.4, -0.2) is 34.7 Å². The molecular weight excluding hydrogens is 637 g/mol. The van der Waals surface area contributed by atoms with Gasteiger partial charge in [0.15, 0.2) is 0 Å². The summed E-state index contributed by atoms with van der Waals surface area (Å²) in [6.07, 6.45) is 3.67. The fourth-order valence-electron chi connectivity index (χ4n) is 1.66. The summed E-state index contributed by atoms with van der Waals surface area (Å²) in [5.74, 6) is -0.625. The minimum Gasteiger partial charge on any atom is -0.333 e. The normalized spacial score (nSPS) is 12.2. The van der Waals surface area contributed by atoms with E-state index in [1.165, 1.54) is 19.3 Å². The van der Waals surface area contributed by atoms with E-state index in [-0.39, 0.29) is 75.5 Å². The van der Waals surface area contributed by atoms with Crippen molar-refractivity contribution in [3.8, 4) is 0 Å². The minimum absolute atomic E-state index is 0. The molecule has 0 rings (SSSR count). The van der Waals surface area contributed by atoms with Crippen LogP contribution >= 0.6 is 0 Å². The summed E-state index contributed by atoms with van der Waals surface area (Å²) < 4.78 is 0. The van der Waals surface area contributed by atoms with Gasteiger partial charge < -0.3 is 28.8 Å². The largest absolute Gasteiger partial charge is 3.00 e. The zero-order chi connectivity index (χ0) is 32.6. The summed E-state index contributed by atoms with van der Waals surface area (Å²) in [7, 11) is 0. The predicted molar refractivity (Wildman–Crippen MR) is 160 cm³/mol. The molecule has 1 radical (unpaired) electrons. The number of carbonyl (C=O) groups is 6. The Morgan fingerprint density at radius 3 is 0.400 bits per heavy atom. The Balaban J connectivity index is -0.000000240. The van der Waals surface area contributed by atoms with Gasteiger partial charge in [0.1, 0.15) is 0 Å². The molecule has 0 N–H and O–H groups in total. The van der Waals surface area contributed by atoms with E-state index in [0.29, 0.717) is 0 Å². The third-order valence-electron chi connectivity index (χ3n) is 5.22. The maximum absolute atomic E-state index is 11.4. The summed E-state index contributed by atoms with van der Waals surface area (Å²) in [6, 6.07) is 0. The van der Waals surface area contributed by atoms with Gasteiger partial charge in [0.05, 0.1) is 0 Å². The summed E-state index contributed by atoms with van der Waals surface area (Å²) in [5.41, 5.74) is -2.74. The van der Waals surface area contributed by atoms with E-state index in [1.807, 2.05) is 125 Å². The summed E-state index contributed by atoms with van der Waals surface area (Å²) in [4.78, 5) is 68.7. The van der Waals surface area contributed by atoms with Crippen LogP contribution in [0.25, 0.3) is 0 Å². The second-order valence-electron chi connectivity index (χ2n) is 16.1. The predicted octanol–water partition coefficient (Wildman–Crippen LogP) is 7.26. The zero-order valence-corrected chi connectivity index (χ0v) is 31.9. The van der Waals surface area contributed by atoms with Gasteiger partial charge in [0.2, 0.25) is 0 Å². The van der Waals surface area contributed by atoms with Crippen molar-refractivity contribution in [1.29, 1.82) is 0 Å². The van der Waals surface area contributed by atoms with Gasteiger partial charge in [-0.05, 0) is 32.5 Å². The van der Waals surface area contributed by atoms with Crippen molar-refractivity contribution in [2.24, 2.45) is 32.5 Å². The molecular formula is C33H57NdO6. The van der Waals surface area contributed by atoms with Crippen molar-refractivity contribution in [3.63, 3.8) is 0 Å². The van der Waals surface area contributed by atoms with Crippen molar-refractivity contribution < 1.29 is 69.6 Å². The standard InChI is InChI=1S/3C11H19O2.Nd/c3*1-10(2,3)8(12)7-9(13)11(4,5)6;/h3*7H,1-6H3;/q3*-1;+3. The van der Waals surface area contributed by atoms with E-state index < -0.39 is 32.5 Å². The molecule has 0 bridgehead atoms. The third kappa shape index (κ3) is 21.7. The molecule has 0 unspecified atom stereocenters. The SMILES string of the molecule is CC(C)(C)C(=O)[CH-]C(=O)C(C)(C)C.CC(C)(C)C(=O)[CH-]C(=O)C(C)(C)C.CC(C)(C)C(=O)[CH-]C(=O)C(C)(C)C.[Nd+3]. The minimum atomic E-state index is -0.457. The van der Waals surface area contributed by atoms with Crippen LogP contribution in [0.15, 0.2) is 0 Å². The van der Waals surface area contributed by atoms with Gasteiger partial charge in [-0.3, -0.25) is 19.3 Å². The van der Waals surface area contributed by atoms with Crippen molar-refractivity contribution in [3.05, 3.63) is 19.3 Å². The topological polar surface area (TPSA) is 102 Å². The molecule has 229 valence electrons. The Labute approximate surface area is 278 Å². The number of hydrogen-bond donors (Lipinski definition) is 0. The van der Waals surface area contributed by atoms with Crippen LogP contribution in [0.5, 0.6) is 0 Å². The molecule has 0 aromatic rings. The monoisotopic (exact) mass is 691 g/mol. The molecule has 0 saturated heterocycles. The van der Waals surface area contributed by atoms with E-state index >= 15 is 0 Å². The fraction of sp³-hybridized carbons (Fsp3) is 0.727. The molecule has 0 aliphatic heterocycles. The van der Waals surface area contributed by atoms with Gasteiger partial charge in [0.25, 0.3) is 0 Å². The number of ketones is 6. The van der Waals surface area contributed by atoms with Gasteiger partial charge in [-0.2, -0.15) is 0 Å². The first kappa shape index (κ1) is 46.0. The second kappa shape index (κ2) is 16.6. The first-order valence-electron chi connectivity index (χ1n) is 13.5. The van der Waals surface area contributed by atoms with Crippen molar-refractivity contribution >= 4 is 34.7 Å². The van der Waals surface area contributed by atoms with Crippen molar-refractivity contribution in [1.82, 2.24) is 0 Å². The van der Waals surface area contributed by atoms with Crippen LogP contribution in [0, 0.1) is 92.6 Å². The molecule has 7 heteroatoms. The smallest absolute Gasteiger partial charge is 0.333 e. The van der Waals surface area contributed by atoms with Crippen LogP contribution in [0.3, 0.4) is 0 Å². The van der Waals surface area contributed by atoms with Crippen LogP contribution in [-0.2, 0) is 28.8 Å². The van der Waals surface area contributed by atoms with E-state index in [4.69, 9.17) is 0 Å². The maximum atomic E-state index is 11.4. The molecule has 0 saturated carbocycles. The summed E-state index contributed by atoms with van der Waals surface area (Å²) in [6.45, 7) is 32.5. The first-order valence-corrected chi connectivity index (χ1v) is 13.5. The zero-order valence-electron chi connectivity index (χ0n) is 28.7. The molecule has 0 aromatic heterocycles.